The smallest absolute Gasteiger partial charge is 0.353 e. The van der Waals surface area contributed by atoms with Gasteiger partial charge in [0.05, 0.1) is 5.69 Å². The van der Waals surface area contributed by atoms with Gasteiger partial charge in [0.1, 0.15) is 6.04 Å². The zero-order valence-electron chi connectivity index (χ0n) is 10.9. The van der Waals surface area contributed by atoms with Gasteiger partial charge in [-0.05, 0) is 13.3 Å². The summed E-state index contributed by atoms with van der Waals surface area (Å²) in [5, 5.41) is 3.00. The van der Waals surface area contributed by atoms with Gasteiger partial charge in [0.2, 0.25) is 5.95 Å². The van der Waals surface area contributed by atoms with Crippen molar-refractivity contribution < 1.29 is 13.2 Å². The number of benzene rings is 1. The summed E-state index contributed by atoms with van der Waals surface area (Å²) in [6.45, 7) is 1.74. The number of nitrogens with zero attached hydrogens (tertiary/aromatic N) is 2. The van der Waals surface area contributed by atoms with Crippen molar-refractivity contribution in [3.8, 4) is 11.3 Å². The molecule has 3 rings (SSSR count). The van der Waals surface area contributed by atoms with Gasteiger partial charge in [-0.1, -0.05) is 30.3 Å². The van der Waals surface area contributed by atoms with Crippen LogP contribution in [0.25, 0.3) is 11.3 Å². The van der Waals surface area contributed by atoms with Crippen LogP contribution in [0.1, 0.15) is 19.4 Å². The molecule has 1 aliphatic heterocycles. The molecule has 6 heteroatoms. The lowest BCUT2D eigenvalue weighted by molar-refractivity contribution is -0.170. The van der Waals surface area contributed by atoms with E-state index in [-0.39, 0.29) is 18.4 Å². The Hall–Kier alpha value is -1.98. The van der Waals surface area contributed by atoms with Crippen LogP contribution in [0.2, 0.25) is 0 Å². The maximum absolute atomic E-state index is 13.1. The summed E-state index contributed by atoms with van der Waals surface area (Å²) < 4.78 is 40.6. The normalized spacial score (nSPS) is 22.2. The Labute approximate surface area is 114 Å². The van der Waals surface area contributed by atoms with Crippen molar-refractivity contribution in [2.24, 2.45) is 0 Å². The molecule has 0 radical (unpaired) electrons. The summed E-state index contributed by atoms with van der Waals surface area (Å²) >= 11 is 0. The molecule has 106 valence electrons. The molecule has 2 heterocycles. The van der Waals surface area contributed by atoms with Crippen molar-refractivity contribution in [3.63, 3.8) is 0 Å². The molecule has 0 aliphatic carbocycles. The molecule has 0 fully saturated rings. The van der Waals surface area contributed by atoms with Gasteiger partial charge in [-0.2, -0.15) is 13.2 Å². The minimum absolute atomic E-state index is 0.0150. The Bertz CT molecular complexity index is 604. The third kappa shape index (κ3) is 2.26. The highest BCUT2D eigenvalue weighted by molar-refractivity contribution is 5.61. The quantitative estimate of drug-likeness (QED) is 0.860. The molecular formula is C14H14F3N3. The number of nitrogens with one attached hydrogen (secondary N) is 1. The number of fused-ring (bicyclic) bond motifs is 1. The second kappa shape index (κ2) is 4.54. The van der Waals surface area contributed by atoms with Gasteiger partial charge in [0, 0.05) is 17.8 Å². The minimum Gasteiger partial charge on any atom is -0.353 e. The predicted molar refractivity (Wildman–Crippen MR) is 70.5 cm³/mol. The van der Waals surface area contributed by atoms with Crippen LogP contribution in [-0.2, 0) is 0 Å². The van der Waals surface area contributed by atoms with E-state index < -0.39 is 12.2 Å². The SMILES string of the molecule is CC1CC(C(F)(F)F)n2cc(-c3ccccc3)nc2N1. The Morgan fingerprint density at radius 3 is 2.60 bits per heavy atom. The lowest BCUT2D eigenvalue weighted by atomic mass is 10.1. The summed E-state index contributed by atoms with van der Waals surface area (Å²) in [5.74, 6) is 0.282. The second-order valence-electron chi connectivity index (χ2n) is 5.06. The number of halogens is 3. The first-order valence-corrected chi connectivity index (χ1v) is 6.42. The van der Waals surface area contributed by atoms with Gasteiger partial charge in [0.25, 0.3) is 0 Å². The van der Waals surface area contributed by atoms with Gasteiger partial charge in [-0.3, -0.25) is 0 Å². The first-order chi connectivity index (χ1) is 9.45. The number of aromatic nitrogens is 2. The fraction of sp³-hybridized carbons (Fsp3) is 0.357. The van der Waals surface area contributed by atoms with Gasteiger partial charge in [0.15, 0.2) is 0 Å². The third-order valence-corrected chi connectivity index (χ3v) is 3.47. The number of hydrogen-bond acceptors (Lipinski definition) is 2. The number of imidazole rings is 1. The molecule has 1 aromatic carbocycles. The summed E-state index contributed by atoms with van der Waals surface area (Å²) in [5.41, 5.74) is 1.36. The van der Waals surface area contributed by atoms with Gasteiger partial charge >= 0.3 is 6.18 Å². The summed E-state index contributed by atoms with van der Waals surface area (Å²) in [6.07, 6.45) is -2.78. The van der Waals surface area contributed by atoms with Crippen molar-refractivity contribution in [1.82, 2.24) is 9.55 Å². The van der Waals surface area contributed by atoms with Crippen molar-refractivity contribution in [2.45, 2.75) is 31.6 Å². The molecule has 0 amide bonds. The molecule has 2 atom stereocenters. The monoisotopic (exact) mass is 281 g/mol. The number of rotatable bonds is 1. The Kier molecular flexibility index (Phi) is 2.96. The molecule has 2 unspecified atom stereocenters. The van der Waals surface area contributed by atoms with E-state index in [1.165, 1.54) is 10.8 Å². The lowest BCUT2D eigenvalue weighted by Gasteiger charge is -2.31. The second-order valence-corrected chi connectivity index (χ2v) is 5.06. The van der Waals surface area contributed by atoms with E-state index in [0.29, 0.717) is 5.69 Å². The van der Waals surface area contributed by atoms with Crippen LogP contribution in [0.4, 0.5) is 19.1 Å². The zero-order valence-corrected chi connectivity index (χ0v) is 10.9. The molecule has 1 aliphatic rings. The van der Waals surface area contributed by atoms with E-state index in [1.807, 2.05) is 30.3 Å². The van der Waals surface area contributed by atoms with Crippen LogP contribution in [0, 0.1) is 0 Å². The average molecular weight is 281 g/mol. The molecule has 0 spiro atoms. The topological polar surface area (TPSA) is 29.9 Å². The zero-order chi connectivity index (χ0) is 14.3. The van der Waals surface area contributed by atoms with E-state index in [0.717, 1.165) is 5.56 Å². The van der Waals surface area contributed by atoms with Crippen molar-refractivity contribution in [2.75, 3.05) is 5.32 Å². The molecule has 20 heavy (non-hydrogen) atoms. The predicted octanol–water partition coefficient (Wildman–Crippen LogP) is 3.86. The third-order valence-electron chi connectivity index (χ3n) is 3.47. The molecule has 1 N–H and O–H groups in total. The molecule has 2 aromatic rings. The molecule has 0 saturated heterocycles. The summed E-state index contributed by atoms with van der Waals surface area (Å²) in [7, 11) is 0. The van der Waals surface area contributed by atoms with E-state index in [4.69, 9.17) is 0 Å². The van der Waals surface area contributed by atoms with Crippen molar-refractivity contribution >= 4 is 5.95 Å². The standard InChI is InChI=1S/C14H14F3N3/c1-9-7-12(14(15,16)17)20-8-11(19-13(20)18-9)10-5-3-2-4-6-10/h2-6,8-9,12H,7H2,1H3,(H,18,19). The van der Waals surface area contributed by atoms with Gasteiger partial charge in [-0.15, -0.1) is 0 Å². The van der Waals surface area contributed by atoms with E-state index >= 15 is 0 Å². The number of alkyl halides is 3. The highest BCUT2D eigenvalue weighted by atomic mass is 19.4. The van der Waals surface area contributed by atoms with Crippen LogP contribution >= 0.6 is 0 Å². The highest BCUT2D eigenvalue weighted by Gasteiger charge is 2.44. The van der Waals surface area contributed by atoms with Gasteiger partial charge in [-0.25, -0.2) is 4.98 Å². The van der Waals surface area contributed by atoms with Gasteiger partial charge < -0.3 is 9.88 Å². The van der Waals surface area contributed by atoms with Crippen molar-refractivity contribution in [1.29, 1.82) is 0 Å². The fourth-order valence-corrected chi connectivity index (χ4v) is 2.51. The van der Waals surface area contributed by atoms with E-state index in [9.17, 15) is 13.2 Å². The average Bonchev–Trinajstić information content (AvgIpc) is 2.81. The first kappa shape index (κ1) is 13.0. The molecule has 0 saturated carbocycles. The Morgan fingerprint density at radius 1 is 1.25 bits per heavy atom. The van der Waals surface area contributed by atoms with E-state index in [1.54, 1.807) is 6.92 Å². The lowest BCUT2D eigenvalue weighted by Crippen LogP contribution is -2.37. The fourth-order valence-electron chi connectivity index (χ4n) is 2.51. The van der Waals surface area contributed by atoms with Crippen LogP contribution < -0.4 is 5.32 Å². The maximum atomic E-state index is 13.1. The summed E-state index contributed by atoms with van der Waals surface area (Å²) in [4.78, 5) is 4.29. The van der Waals surface area contributed by atoms with Crippen molar-refractivity contribution in [3.05, 3.63) is 36.5 Å². The largest absolute Gasteiger partial charge is 0.409 e. The Morgan fingerprint density at radius 2 is 1.95 bits per heavy atom. The van der Waals surface area contributed by atoms with Crippen LogP contribution in [0.5, 0.6) is 0 Å². The van der Waals surface area contributed by atoms with Crippen LogP contribution in [0.15, 0.2) is 36.5 Å². The number of hydrogen-bond donors (Lipinski definition) is 1. The molecule has 0 bridgehead atoms. The molecule has 3 nitrogen and oxygen atoms in total. The Balaban J connectivity index is 2.05. The minimum atomic E-state index is -4.26. The number of anilines is 1. The van der Waals surface area contributed by atoms with Crippen LogP contribution in [0.3, 0.4) is 0 Å². The summed E-state index contributed by atoms with van der Waals surface area (Å²) in [6, 6.07) is 7.44. The molecule has 1 aromatic heterocycles. The highest BCUT2D eigenvalue weighted by Crippen LogP contribution is 2.40. The maximum Gasteiger partial charge on any atom is 0.409 e. The van der Waals surface area contributed by atoms with E-state index in [2.05, 4.69) is 10.3 Å². The molecular weight excluding hydrogens is 267 g/mol. The van der Waals surface area contributed by atoms with Crippen LogP contribution in [-0.4, -0.2) is 21.8 Å². The first-order valence-electron chi connectivity index (χ1n) is 6.42.